The smallest absolute Gasteiger partial charge is 0.326 e. The minimum absolute atomic E-state index is 0.00502. The molecule has 1 fully saturated rings. The fourth-order valence-electron chi connectivity index (χ4n) is 8.57. The average Bonchev–Trinajstić information content (AvgIpc) is 4.12. The molecule has 420 valence electrons. The van der Waals surface area contributed by atoms with E-state index in [1.165, 1.54) is 41.7 Å². The van der Waals surface area contributed by atoms with E-state index >= 15 is 0 Å². The zero-order valence-corrected chi connectivity index (χ0v) is 43.3. The number of aromatic hydroxyl groups is 1. The Labute approximate surface area is 445 Å². The van der Waals surface area contributed by atoms with Gasteiger partial charge in [0, 0.05) is 44.2 Å². The Kier molecular flexibility index (Phi) is 24.8. The summed E-state index contributed by atoms with van der Waals surface area (Å²) in [6.45, 7) is 3.89. The van der Waals surface area contributed by atoms with Crippen LogP contribution >= 0.6 is 0 Å². The van der Waals surface area contributed by atoms with Gasteiger partial charge < -0.3 is 80.0 Å². The lowest BCUT2D eigenvalue weighted by Crippen LogP contribution is -2.61. The number of aromatic nitrogens is 2. The number of aliphatic imine (C=N–C) groups is 1. The molecule has 26 heteroatoms. The molecule has 77 heavy (non-hydrogen) atoms. The van der Waals surface area contributed by atoms with E-state index in [0.717, 1.165) is 0 Å². The van der Waals surface area contributed by atoms with Crippen LogP contribution in [-0.2, 0) is 62.4 Å². The summed E-state index contributed by atoms with van der Waals surface area (Å²) in [5.74, 6) is -9.07. The molecule has 9 unspecified atom stereocenters. The highest BCUT2D eigenvalue weighted by Gasteiger charge is 2.41. The third-order valence-corrected chi connectivity index (χ3v) is 13.0. The van der Waals surface area contributed by atoms with Crippen LogP contribution in [-0.4, -0.2) is 157 Å². The van der Waals surface area contributed by atoms with Crippen LogP contribution in [0.1, 0.15) is 88.5 Å². The zero-order chi connectivity index (χ0) is 56.6. The summed E-state index contributed by atoms with van der Waals surface area (Å²) in [4.78, 5) is 135. The van der Waals surface area contributed by atoms with Crippen molar-refractivity contribution in [2.75, 3.05) is 19.6 Å². The SMILES string of the molecule is CCC(C)C(NC(=O)C(Cc1ccc(O)cc1)NC(=O)C(CCCCN)NC(=O)C(CCCN=C(N)N)NC(=O)C(N)CC(=O)O)C(=O)NC(Cc1cnc[nH]1)C(=O)N1CCCC1C(=O)NC(Cc1ccccc1)C(=O)O. The van der Waals surface area contributed by atoms with Gasteiger partial charge in [-0.25, -0.2) is 9.78 Å². The Morgan fingerprint density at radius 2 is 1.34 bits per heavy atom. The number of nitrogens with two attached hydrogens (primary N) is 4. The molecule has 4 rings (SSSR count). The molecule has 18 N–H and O–H groups in total. The first-order valence-corrected chi connectivity index (χ1v) is 25.6. The van der Waals surface area contributed by atoms with Gasteiger partial charge >= 0.3 is 11.9 Å². The predicted octanol–water partition coefficient (Wildman–Crippen LogP) is -1.84. The van der Waals surface area contributed by atoms with Crippen molar-refractivity contribution in [2.24, 2.45) is 33.8 Å². The number of benzene rings is 2. The van der Waals surface area contributed by atoms with Crippen LogP contribution in [0.5, 0.6) is 5.75 Å². The Morgan fingerprint density at radius 1 is 0.740 bits per heavy atom. The predicted molar refractivity (Wildman–Crippen MR) is 281 cm³/mol. The van der Waals surface area contributed by atoms with Gasteiger partial charge in [-0.2, -0.15) is 0 Å². The van der Waals surface area contributed by atoms with Gasteiger partial charge in [0.05, 0.1) is 18.8 Å². The number of imidazole rings is 1. The molecular weight excluding hydrogens is 1000 g/mol. The summed E-state index contributed by atoms with van der Waals surface area (Å²) < 4.78 is 0. The monoisotopic (exact) mass is 1070 g/mol. The second-order valence-corrected chi connectivity index (χ2v) is 19.0. The van der Waals surface area contributed by atoms with Gasteiger partial charge in [-0.1, -0.05) is 62.7 Å². The lowest BCUT2D eigenvalue weighted by atomic mass is 9.96. The number of aliphatic carboxylic acids is 2. The first-order valence-electron chi connectivity index (χ1n) is 25.6. The van der Waals surface area contributed by atoms with E-state index in [9.17, 15) is 58.5 Å². The molecule has 0 radical (unpaired) electrons. The van der Waals surface area contributed by atoms with Crippen LogP contribution in [0, 0.1) is 5.92 Å². The van der Waals surface area contributed by atoms with Crippen LogP contribution in [0.25, 0.3) is 0 Å². The number of hydrogen-bond donors (Lipinski definition) is 14. The first-order chi connectivity index (χ1) is 36.7. The first kappa shape index (κ1) is 61.4. The fraction of sp³-hybridized carbons (Fsp3) is 0.510. The second kappa shape index (κ2) is 31.0. The van der Waals surface area contributed by atoms with Crippen LogP contribution < -0.4 is 54.8 Å². The van der Waals surface area contributed by atoms with Gasteiger partial charge in [-0.15, -0.1) is 0 Å². The van der Waals surface area contributed by atoms with E-state index in [-0.39, 0.29) is 76.3 Å². The summed E-state index contributed by atoms with van der Waals surface area (Å²) in [6, 6.07) is 3.88. The van der Waals surface area contributed by atoms with E-state index in [2.05, 4.69) is 46.9 Å². The van der Waals surface area contributed by atoms with E-state index in [1.54, 1.807) is 44.2 Å². The number of nitrogens with zero attached hydrogens (tertiary/aromatic N) is 3. The highest BCUT2D eigenvalue weighted by Crippen LogP contribution is 2.21. The van der Waals surface area contributed by atoms with Crippen molar-refractivity contribution < 1.29 is 58.5 Å². The number of amides is 7. The number of unbranched alkanes of at least 4 members (excludes halogenated alkanes) is 1. The van der Waals surface area contributed by atoms with E-state index in [0.29, 0.717) is 42.5 Å². The number of hydrogen-bond acceptors (Lipinski definition) is 14. The van der Waals surface area contributed by atoms with Crippen LogP contribution in [0.4, 0.5) is 0 Å². The maximum Gasteiger partial charge on any atom is 0.326 e. The summed E-state index contributed by atoms with van der Waals surface area (Å²) in [7, 11) is 0. The summed E-state index contributed by atoms with van der Waals surface area (Å²) in [5, 5.41) is 45.2. The number of carboxylic acids is 2. The standard InChI is InChI=1S/C51H74N14O12/c1-3-29(2)42(48(74)62-38(25-32-27-56-28-58-32)49(75)65-22-10-15-40(65)47(73)63-39(50(76)77)24-30-11-5-4-6-12-30)64-46(72)37(23-31-16-18-33(66)19-17-31)61-45(71)35(13-7-8-20-52)60-44(70)36(14-9-21-57-51(54)55)59-43(69)34(53)26-41(67)68/h4-6,11-12,16-19,27-29,34-40,42,66H,3,7-10,13-15,20-26,52-53H2,1-2H3,(H,56,58)(H,59,69)(H,60,70)(H,61,71)(H,62,74)(H,63,73)(H,64,72)(H,67,68)(H,76,77)(H4,54,55,57). The number of H-pyrrole nitrogens is 1. The van der Waals surface area contributed by atoms with E-state index < -0.39 is 114 Å². The molecule has 2 heterocycles. The van der Waals surface area contributed by atoms with Crippen LogP contribution in [0.3, 0.4) is 0 Å². The largest absolute Gasteiger partial charge is 0.508 e. The van der Waals surface area contributed by atoms with Gasteiger partial charge in [-0.05, 0) is 80.7 Å². The van der Waals surface area contributed by atoms with Gasteiger partial charge in [0.2, 0.25) is 41.4 Å². The minimum Gasteiger partial charge on any atom is -0.508 e. The number of aromatic amines is 1. The quantitative estimate of drug-likeness (QED) is 0.0186. The molecule has 2 aromatic carbocycles. The van der Waals surface area contributed by atoms with Crippen molar-refractivity contribution in [3.05, 3.63) is 83.9 Å². The normalized spacial score (nSPS) is 16.2. The lowest BCUT2D eigenvalue weighted by Gasteiger charge is -2.32. The Bertz CT molecular complexity index is 2480. The number of nitrogens with one attached hydrogen (secondary N) is 7. The molecule has 1 aromatic heterocycles. The van der Waals surface area contributed by atoms with Gasteiger partial charge in [0.1, 0.15) is 48.0 Å². The Morgan fingerprint density at radius 3 is 1.94 bits per heavy atom. The summed E-state index contributed by atoms with van der Waals surface area (Å²) in [5.41, 5.74) is 24.0. The number of rotatable bonds is 32. The fourth-order valence-corrected chi connectivity index (χ4v) is 8.57. The third kappa shape index (κ3) is 20.2. The molecule has 1 aliphatic rings. The Balaban J connectivity index is 1.61. The molecule has 0 saturated carbocycles. The third-order valence-electron chi connectivity index (χ3n) is 13.0. The number of carbonyl (C=O) groups excluding carboxylic acids is 7. The number of phenolic OH excluding ortho intramolecular Hbond substituents is 1. The molecule has 7 amide bonds. The molecule has 26 nitrogen and oxygen atoms in total. The second-order valence-electron chi connectivity index (χ2n) is 19.0. The summed E-state index contributed by atoms with van der Waals surface area (Å²) in [6.07, 6.45) is 3.62. The zero-order valence-electron chi connectivity index (χ0n) is 43.3. The van der Waals surface area contributed by atoms with E-state index in [1.807, 2.05) is 0 Å². The summed E-state index contributed by atoms with van der Waals surface area (Å²) >= 11 is 0. The van der Waals surface area contributed by atoms with E-state index in [4.69, 9.17) is 22.9 Å². The van der Waals surface area contributed by atoms with Crippen molar-refractivity contribution in [3.8, 4) is 5.75 Å². The highest BCUT2D eigenvalue weighted by atomic mass is 16.4. The van der Waals surface area contributed by atoms with Gasteiger partial charge in [0.15, 0.2) is 5.96 Å². The number of carbonyl (C=O) groups is 9. The molecule has 0 bridgehead atoms. The molecular formula is C51H74N14O12. The number of carboxylic acid groups (broad SMARTS) is 2. The van der Waals surface area contributed by atoms with Gasteiger partial charge in [0.25, 0.3) is 0 Å². The number of guanidine groups is 1. The van der Waals surface area contributed by atoms with Crippen molar-refractivity contribution in [1.82, 2.24) is 46.8 Å². The topological polar surface area (TPSA) is 435 Å². The average molecular weight is 1080 g/mol. The van der Waals surface area contributed by atoms with Crippen molar-refractivity contribution in [3.63, 3.8) is 0 Å². The maximum absolute atomic E-state index is 14.6. The lowest BCUT2D eigenvalue weighted by molar-refractivity contribution is -0.145. The van der Waals surface area contributed by atoms with Crippen molar-refractivity contribution in [2.45, 2.75) is 139 Å². The maximum atomic E-state index is 14.6. The molecule has 3 aromatic rings. The number of likely N-dealkylation sites (tertiary alicyclic amines) is 1. The van der Waals surface area contributed by atoms with Crippen LogP contribution in [0.15, 0.2) is 72.1 Å². The van der Waals surface area contributed by atoms with Crippen LogP contribution in [0.2, 0.25) is 0 Å². The molecule has 0 aliphatic carbocycles. The van der Waals surface area contributed by atoms with Crippen molar-refractivity contribution in [1.29, 1.82) is 0 Å². The highest BCUT2D eigenvalue weighted by molar-refractivity contribution is 5.98. The van der Waals surface area contributed by atoms with Crippen molar-refractivity contribution >= 4 is 59.2 Å². The molecule has 0 spiro atoms. The Hall–Kier alpha value is -8.13. The minimum atomic E-state index is -1.52. The molecule has 1 saturated heterocycles. The number of phenols is 1. The molecule has 1 aliphatic heterocycles. The van der Waals surface area contributed by atoms with Gasteiger partial charge in [-0.3, -0.25) is 43.3 Å². The molecule has 9 atom stereocenters.